The fourth-order valence-corrected chi connectivity index (χ4v) is 4.71. The molecular weight excluding hydrogens is 580 g/mol. The molecule has 1 aromatic heterocycles. The van der Waals surface area contributed by atoms with Crippen molar-refractivity contribution >= 4 is 34.7 Å². The first-order valence-electron chi connectivity index (χ1n) is 13.7. The second-order valence-electron chi connectivity index (χ2n) is 9.49. The topological polar surface area (TPSA) is 154 Å². The molecule has 0 atom stereocenters. The molecule has 1 heterocycles. The zero-order valence-electron chi connectivity index (χ0n) is 24.5. The first-order valence-corrected chi connectivity index (χ1v) is 13.7. The predicted octanol–water partition coefficient (Wildman–Crippen LogP) is 6.14. The van der Waals surface area contributed by atoms with Crippen molar-refractivity contribution in [1.29, 1.82) is 0 Å². The Morgan fingerprint density at radius 2 is 1.60 bits per heavy atom. The van der Waals surface area contributed by atoms with Gasteiger partial charge in [-0.2, -0.15) is 5.10 Å². The van der Waals surface area contributed by atoms with Gasteiger partial charge >= 0.3 is 5.97 Å². The number of carbonyl (C=O) groups is 2. The summed E-state index contributed by atoms with van der Waals surface area (Å²) in [4.78, 5) is 39.7. The van der Waals surface area contributed by atoms with Crippen LogP contribution >= 0.6 is 0 Å². The van der Waals surface area contributed by atoms with E-state index >= 15 is 0 Å². The van der Waals surface area contributed by atoms with Gasteiger partial charge in [0.1, 0.15) is 17.2 Å². The van der Waals surface area contributed by atoms with Crippen molar-refractivity contribution in [1.82, 2.24) is 10.4 Å². The van der Waals surface area contributed by atoms with Crippen LogP contribution in [-0.4, -0.2) is 48.8 Å². The van der Waals surface area contributed by atoms with Crippen molar-refractivity contribution in [2.45, 2.75) is 6.92 Å². The van der Waals surface area contributed by atoms with Gasteiger partial charge in [0, 0.05) is 17.7 Å². The number of hydrazone groups is 1. The molecule has 5 rings (SSSR count). The highest BCUT2D eigenvalue weighted by Crippen LogP contribution is 2.42. The summed E-state index contributed by atoms with van der Waals surface area (Å²) in [5.41, 5.74) is 5.41. The number of benzene rings is 4. The van der Waals surface area contributed by atoms with Crippen molar-refractivity contribution in [2.24, 2.45) is 5.10 Å². The van der Waals surface area contributed by atoms with E-state index in [1.165, 1.54) is 36.5 Å². The largest absolute Gasteiger partial charge is 0.496 e. The summed E-state index contributed by atoms with van der Waals surface area (Å²) in [5, 5.41) is 15.7. The molecule has 0 unspecified atom stereocenters. The monoisotopic (exact) mass is 608 g/mol. The number of amides is 1. The molecule has 0 bridgehead atoms. The average molecular weight is 609 g/mol. The van der Waals surface area contributed by atoms with Crippen LogP contribution in [0.1, 0.15) is 33.3 Å². The maximum absolute atomic E-state index is 13.5. The Kier molecular flexibility index (Phi) is 9.04. The van der Waals surface area contributed by atoms with Crippen molar-refractivity contribution in [3.8, 4) is 34.1 Å². The standard InChI is InChI=1S/C33H28N4O8/c1-4-44-27-18-20(10-15-24(27)45-33(39)22-11-13-23(14-12-22)37(40)41)19-34-36-32(38)31-28(21-8-6-5-7-9-21)29-25(42-2)16-17-26(43-3)30(29)35-31/h5-19,35H,4H2,1-3H3,(H,36,38). The lowest BCUT2D eigenvalue weighted by molar-refractivity contribution is -0.384. The van der Waals surface area contributed by atoms with Gasteiger partial charge < -0.3 is 23.9 Å². The molecule has 0 saturated heterocycles. The maximum Gasteiger partial charge on any atom is 0.343 e. The number of hydrogen-bond donors (Lipinski definition) is 2. The highest BCUT2D eigenvalue weighted by Gasteiger charge is 2.24. The smallest absolute Gasteiger partial charge is 0.343 e. The number of aromatic amines is 1. The van der Waals surface area contributed by atoms with E-state index in [9.17, 15) is 19.7 Å². The minimum absolute atomic E-state index is 0.137. The van der Waals surface area contributed by atoms with Crippen LogP contribution in [0, 0.1) is 10.1 Å². The van der Waals surface area contributed by atoms with E-state index in [4.69, 9.17) is 18.9 Å². The molecule has 12 heteroatoms. The SMILES string of the molecule is CCOc1cc(C=NNC(=O)c2[nH]c3c(OC)ccc(OC)c3c2-c2ccccc2)ccc1OC(=O)c1ccc([N+](=O)[O-])cc1. The second kappa shape index (κ2) is 13.4. The van der Waals surface area contributed by atoms with E-state index in [2.05, 4.69) is 15.5 Å². The van der Waals surface area contributed by atoms with Crippen molar-refractivity contribution in [2.75, 3.05) is 20.8 Å². The van der Waals surface area contributed by atoms with Gasteiger partial charge in [-0.3, -0.25) is 14.9 Å². The number of methoxy groups -OCH3 is 2. The Bertz CT molecular complexity index is 1900. The zero-order chi connectivity index (χ0) is 31.9. The van der Waals surface area contributed by atoms with Gasteiger partial charge in [-0.05, 0) is 60.5 Å². The van der Waals surface area contributed by atoms with Crippen LogP contribution in [0.15, 0.2) is 90.0 Å². The third kappa shape index (κ3) is 6.44. The molecular formula is C33H28N4O8. The molecule has 0 radical (unpaired) electrons. The van der Waals surface area contributed by atoms with Crippen LogP contribution in [0.4, 0.5) is 5.69 Å². The van der Waals surface area contributed by atoms with Crippen molar-refractivity contribution in [3.05, 3.63) is 112 Å². The van der Waals surface area contributed by atoms with Crippen LogP contribution in [-0.2, 0) is 0 Å². The summed E-state index contributed by atoms with van der Waals surface area (Å²) >= 11 is 0. The van der Waals surface area contributed by atoms with E-state index in [1.54, 1.807) is 45.4 Å². The third-order valence-electron chi connectivity index (χ3n) is 6.77. The molecule has 4 aromatic carbocycles. The molecule has 0 aliphatic rings. The Hall–Kier alpha value is -6.17. The summed E-state index contributed by atoms with van der Waals surface area (Å²) in [6, 6.07) is 22.8. The molecule has 228 valence electrons. The Balaban J connectivity index is 1.39. The quantitative estimate of drug-likeness (QED) is 0.0596. The Labute approximate surface area is 257 Å². The third-order valence-corrected chi connectivity index (χ3v) is 6.77. The number of rotatable bonds is 11. The van der Waals surface area contributed by atoms with E-state index in [0.717, 1.165) is 5.56 Å². The van der Waals surface area contributed by atoms with Gasteiger partial charge in [0.15, 0.2) is 11.5 Å². The van der Waals surface area contributed by atoms with E-state index < -0.39 is 16.8 Å². The van der Waals surface area contributed by atoms with Gasteiger partial charge in [0.25, 0.3) is 11.6 Å². The number of nitro benzene ring substituents is 1. The normalized spacial score (nSPS) is 10.9. The fourth-order valence-electron chi connectivity index (χ4n) is 4.71. The molecule has 0 aliphatic heterocycles. The molecule has 0 aliphatic carbocycles. The average Bonchev–Trinajstić information content (AvgIpc) is 3.47. The highest BCUT2D eigenvalue weighted by atomic mass is 16.6. The minimum atomic E-state index is -0.708. The molecule has 0 fully saturated rings. The van der Waals surface area contributed by atoms with Crippen LogP contribution in [0.3, 0.4) is 0 Å². The van der Waals surface area contributed by atoms with Gasteiger partial charge in [-0.1, -0.05) is 30.3 Å². The molecule has 0 saturated carbocycles. The van der Waals surface area contributed by atoms with E-state index in [-0.39, 0.29) is 35.1 Å². The summed E-state index contributed by atoms with van der Waals surface area (Å²) in [6.07, 6.45) is 1.42. The van der Waals surface area contributed by atoms with Crippen LogP contribution in [0.25, 0.3) is 22.0 Å². The molecule has 12 nitrogen and oxygen atoms in total. The van der Waals surface area contributed by atoms with Crippen LogP contribution in [0.2, 0.25) is 0 Å². The number of carbonyl (C=O) groups excluding carboxylic acids is 2. The fraction of sp³-hybridized carbons (Fsp3) is 0.121. The highest BCUT2D eigenvalue weighted by molar-refractivity contribution is 6.13. The lowest BCUT2D eigenvalue weighted by atomic mass is 10.0. The van der Waals surface area contributed by atoms with Crippen molar-refractivity contribution < 1.29 is 33.5 Å². The first kappa shape index (κ1) is 30.3. The van der Waals surface area contributed by atoms with Gasteiger partial charge in [-0.25, -0.2) is 10.2 Å². The van der Waals surface area contributed by atoms with Crippen molar-refractivity contribution in [3.63, 3.8) is 0 Å². The van der Waals surface area contributed by atoms with Gasteiger partial charge in [-0.15, -0.1) is 0 Å². The summed E-state index contributed by atoms with van der Waals surface area (Å²) in [7, 11) is 3.11. The van der Waals surface area contributed by atoms with Gasteiger partial charge in [0.05, 0.1) is 48.4 Å². The minimum Gasteiger partial charge on any atom is -0.496 e. The predicted molar refractivity (Wildman–Crippen MR) is 168 cm³/mol. The number of nitrogens with zero attached hydrogens (tertiary/aromatic N) is 2. The second-order valence-corrected chi connectivity index (χ2v) is 9.49. The molecule has 0 spiro atoms. The summed E-state index contributed by atoms with van der Waals surface area (Å²) in [6.45, 7) is 2.06. The Morgan fingerprint density at radius 3 is 2.27 bits per heavy atom. The number of fused-ring (bicyclic) bond motifs is 1. The van der Waals surface area contributed by atoms with E-state index in [0.29, 0.717) is 33.5 Å². The molecule has 1 amide bonds. The van der Waals surface area contributed by atoms with E-state index in [1.807, 2.05) is 30.3 Å². The number of esters is 1. The summed E-state index contributed by atoms with van der Waals surface area (Å²) < 4.78 is 22.3. The molecule has 2 N–H and O–H groups in total. The van der Waals surface area contributed by atoms with Crippen LogP contribution in [0.5, 0.6) is 23.0 Å². The number of aromatic nitrogens is 1. The Morgan fingerprint density at radius 1 is 0.911 bits per heavy atom. The van der Waals surface area contributed by atoms with Crippen LogP contribution < -0.4 is 24.4 Å². The number of nitrogens with one attached hydrogen (secondary N) is 2. The zero-order valence-corrected chi connectivity index (χ0v) is 24.5. The lowest BCUT2D eigenvalue weighted by Crippen LogP contribution is -2.19. The number of hydrogen-bond acceptors (Lipinski definition) is 9. The first-order chi connectivity index (χ1) is 21.8. The molecule has 45 heavy (non-hydrogen) atoms. The summed E-state index contributed by atoms with van der Waals surface area (Å²) in [5.74, 6) is 0.327. The number of ether oxygens (including phenoxy) is 4. The maximum atomic E-state index is 13.5. The lowest BCUT2D eigenvalue weighted by Gasteiger charge is -2.11. The van der Waals surface area contributed by atoms with Gasteiger partial charge in [0.2, 0.25) is 0 Å². The number of nitro groups is 1. The molecule has 5 aromatic rings. The number of non-ortho nitro benzene ring substituents is 1. The number of H-pyrrole nitrogens is 1.